The first-order chi connectivity index (χ1) is 5.52. The molecule has 0 aliphatic rings. The highest BCUT2D eigenvalue weighted by molar-refractivity contribution is 5.64. The summed E-state index contributed by atoms with van der Waals surface area (Å²) < 4.78 is 5.05. The van der Waals surface area contributed by atoms with Gasteiger partial charge in [-0.15, -0.1) is 0 Å². The monoisotopic (exact) mass is 177 g/mol. The van der Waals surface area contributed by atoms with Crippen LogP contribution in [0.5, 0.6) is 0 Å². The van der Waals surface area contributed by atoms with Crippen LogP contribution in [-0.4, -0.2) is 41.7 Å². The van der Waals surface area contributed by atoms with Crippen LogP contribution in [0.2, 0.25) is 0 Å². The van der Waals surface area contributed by atoms with E-state index in [1.807, 2.05) is 13.8 Å². The largest absolute Gasteiger partial charge is 0.465 e. The van der Waals surface area contributed by atoms with E-state index in [4.69, 9.17) is 14.9 Å². The lowest BCUT2D eigenvalue weighted by molar-refractivity contribution is 0.00680. The summed E-state index contributed by atoms with van der Waals surface area (Å²) in [5, 5.41) is 19.3. The Morgan fingerprint density at radius 2 is 2.17 bits per heavy atom. The van der Waals surface area contributed by atoms with Crippen LogP contribution < -0.4 is 5.32 Å². The molecular weight excluding hydrogens is 162 g/mol. The molecule has 0 bridgehead atoms. The molecule has 0 aromatic rings. The predicted molar refractivity (Wildman–Crippen MR) is 43.1 cm³/mol. The standard InChI is InChI=1S/C7H15NO4/c1-5(2)12-4-6(9)3-8-7(10)11/h5-6,8-9H,3-4H2,1-2H3,(H,10,11). The van der Waals surface area contributed by atoms with Crippen LogP contribution in [0.25, 0.3) is 0 Å². The molecule has 0 rings (SSSR count). The van der Waals surface area contributed by atoms with Crippen molar-refractivity contribution >= 4 is 6.09 Å². The first-order valence-electron chi connectivity index (χ1n) is 3.79. The third-order valence-corrected chi connectivity index (χ3v) is 1.11. The topological polar surface area (TPSA) is 78.8 Å². The van der Waals surface area contributed by atoms with E-state index in [9.17, 15) is 4.79 Å². The van der Waals surface area contributed by atoms with Gasteiger partial charge >= 0.3 is 6.09 Å². The van der Waals surface area contributed by atoms with Gasteiger partial charge in [-0.25, -0.2) is 4.79 Å². The van der Waals surface area contributed by atoms with Crippen molar-refractivity contribution in [1.29, 1.82) is 0 Å². The number of aliphatic hydroxyl groups excluding tert-OH is 1. The fourth-order valence-electron chi connectivity index (χ4n) is 0.568. The van der Waals surface area contributed by atoms with Crippen molar-refractivity contribution in [2.45, 2.75) is 26.1 Å². The van der Waals surface area contributed by atoms with Crippen LogP contribution in [-0.2, 0) is 4.74 Å². The summed E-state index contributed by atoms with van der Waals surface area (Å²) in [6.45, 7) is 3.84. The van der Waals surface area contributed by atoms with Gasteiger partial charge in [0.15, 0.2) is 0 Å². The zero-order chi connectivity index (χ0) is 9.56. The van der Waals surface area contributed by atoms with E-state index in [-0.39, 0.29) is 19.3 Å². The quantitative estimate of drug-likeness (QED) is 0.554. The van der Waals surface area contributed by atoms with Crippen molar-refractivity contribution in [2.24, 2.45) is 0 Å². The minimum atomic E-state index is -1.14. The van der Waals surface area contributed by atoms with Gasteiger partial charge in [-0.05, 0) is 13.8 Å². The summed E-state index contributed by atoms with van der Waals surface area (Å²) in [5.74, 6) is 0. The minimum absolute atomic E-state index is 0.00204. The van der Waals surface area contributed by atoms with E-state index >= 15 is 0 Å². The van der Waals surface area contributed by atoms with Gasteiger partial charge in [-0.3, -0.25) is 0 Å². The average molecular weight is 177 g/mol. The summed E-state index contributed by atoms with van der Waals surface area (Å²) in [7, 11) is 0. The lowest BCUT2D eigenvalue weighted by atomic mass is 10.4. The molecule has 72 valence electrons. The molecule has 0 aliphatic heterocycles. The highest BCUT2D eigenvalue weighted by Crippen LogP contribution is 1.90. The van der Waals surface area contributed by atoms with Crippen molar-refractivity contribution in [3.8, 4) is 0 Å². The molecule has 0 saturated heterocycles. The molecule has 1 atom stereocenters. The Kier molecular flexibility index (Phi) is 5.40. The number of rotatable bonds is 5. The lowest BCUT2D eigenvalue weighted by Crippen LogP contribution is -2.34. The molecule has 0 fully saturated rings. The number of hydrogen-bond acceptors (Lipinski definition) is 3. The highest BCUT2D eigenvalue weighted by atomic mass is 16.5. The Hall–Kier alpha value is -0.810. The summed E-state index contributed by atoms with van der Waals surface area (Å²) in [4.78, 5) is 9.98. The van der Waals surface area contributed by atoms with Crippen molar-refractivity contribution in [1.82, 2.24) is 5.32 Å². The summed E-state index contributed by atoms with van der Waals surface area (Å²) in [6.07, 6.45) is -1.87. The molecule has 5 heteroatoms. The number of aliphatic hydroxyl groups is 1. The van der Waals surface area contributed by atoms with Gasteiger partial charge in [-0.1, -0.05) is 0 Å². The van der Waals surface area contributed by atoms with E-state index in [2.05, 4.69) is 5.32 Å². The van der Waals surface area contributed by atoms with Crippen molar-refractivity contribution in [3.05, 3.63) is 0 Å². The Morgan fingerprint density at radius 3 is 2.58 bits per heavy atom. The lowest BCUT2D eigenvalue weighted by Gasteiger charge is -2.12. The SMILES string of the molecule is CC(C)OCC(O)CNC(=O)O. The molecule has 1 amide bonds. The zero-order valence-corrected chi connectivity index (χ0v) is 7.28. The number of nitrogens with one attached hydrogen (secondary N) is 1. The Bertz CT molecular complexity index is 137. The number of amides is 1. The second kappa shape index (κ2) is 5.79. The molecule has 0 aromatic heterocycles. The normalized spacial score (nSPS) is 13.0. The zero-order valence-electron chi connectivity index (χ0n) is 7.28. The first kappa shape index (κ1) is 11.2. The van der Waals surface area contributed by atoms with Crippen molar-refractivity contribution < 1.29 is 19.7 Å². The molecule has 5 nitrogen and oxygen atoms in total. The summed E-state index contributed by atoms with van der Waals surface area (Å²) in [5.41, 5.74) is 0. The van der Waals surface area contributed by atoms with E-state index < -0.39 is 12.2 Å². The molecule has 0 heterocycles. The van der Waals surface area contributed by atoms with Crippen molar-refractivity contribution in [3.63, 3.8) is 0 Å². The van der Waals surface area contributed by atoms with Gasteiger partial charge in [0.1, 0.15) is 0 Å². The molecule has 0 spiro atoms. The molecule has 12 heavy (non-hydrogen) atoms. The van der Waals surface area contributed by atoms with Crippen LogP contribution in [0.4, 0.5) is 4.79 Å². The van der Waals surface area contributed by atoms with Crippen LogP contribution in [0.1, 0.15) is 13.8 Å². The molecule has 0 radical (unpaired) electrons. The second-order valence-electron chi connectivity index (χ2n) is 2.72. The van der Waals surface area contributed by atoms with E-state index in [0.29, 0.717) is 0 Å². The van der Waals surface area contributed by atoms with Gasteiger partial charge in [0, 0.05) is 6.54 Å². The molecule has 1 unspecified atom stereocenters. The third kappa shape index (κ3) is 7.30. The molecule has 0 aliphatic carbocycles. The average Bonchev–Trinajstić information content (AvgIpc) is 1.96. The molecule has 3 N–H and O–H groups in total. The highest BCUT2D eigenvalue weighted by Gasteiger charge is 2.06. The van der Waals surface area contributed by atoms with Crippen LogP contribution in [0.3, 0.4) is 0 Å². The van der Waals surface area contributed by atoms with Gasteiger partial charge in [0.25, 0.3) is 0 Å². The number of carboxylic acid groups (broad SMARTS) is 1. The predicted octanol–water partition coefficient (Wildman–Crippen LogP) is 0.0399. The summed E-state index contributed by atoms with van der Waals surface area (Å²) >= 11 is 0. The fourth-order valence-corrected chi connectivity index (χ4v) is 0.568. The maximum Gasteiger partial charge on any atom is 0.404 e. The van der Waals surface area contributed by atoms with Gasteiger partial charge in [0.2, 0.25) is 0 Å². The fraction of sp³-hybridized carbons (Fsp3) is 0.857. The van der Waals surface area contributed by atoms with Gasteiger partial charge in [-0.2, -0.15) is 0 Å². The molecular formula is C7H15NO4. The Balaban J connectivity index is 3.33. The second-order valence-corrected chi connectivity index (χ2v) is 2.72. The maximum absolute atomic E-state index is 9.98. The minimum Gasteiger partial charge on any atom is -0.465 e. The first-order valence-corrected chi connectivity index (χ1v) is 3.79. The third-order valence-electron chi connectivity index (χ3n) is 1.11. The van der Waals surface area contributed by atoms with Gasteiger partial charge < -0.3 is 20.3 Å². The van der Waals surface area contributed by atoms with E-state index in [1.54, 1.807) is 0 Å². The van der Waals surface area contributed by atoms with E-state index in [0.717, 1.165) is 0 Å². The summed E-state index contributed by atoms with van der Waals surface area (Å²) in [6, 6.07) is 0. The Morgan fingerprint density at radius 1 is 1.58 bits per heavy atom. The maximum atomic E-state index is 9.98. The molecule has 0 saturated carbocycles. The molecule has 0 aromatic carbocycles. The van der Waals surface area contributed by atoms with Crippen LogP contribution in [0, 0.1) is 0 Å². The van der Waals surface area contributed by atoms with Crippen molar-refractivity contribution in [2.75, 3.05) is 13.2 Å². The Labute approximate surface area is 71.3 Å². The smallest absolute Gasteiger partial charge is 0.404 e. The van der Waals surface area contributed by atoms with Crippen LogP contribution in [0.15, 0.2) is 0 Å². The number of carbonyl (C=O) groups is 1. The van der Waals surface area contributed by atoms with Gasteiger partial charge in [0.05, 0.1) is 18.8 Å². The number of hydrogen-bond donors (Lipinski definition) is 3. The van der Waals surface area contributed by atoms with E-state index in [1.165, 1.54) is 0 Å². The number of ether oxygens (including phenoxy) is 1. The van der Waals surface area contributed by atoms with Crippen LogP contribution >= 0.6 is 0 Å².